The van der Waals surface area contributed by atoms with E-state index in [1.807, 2.05) is 32.4 Å². The molecule has 140 valence electrons. The maximum Gasteiger partial charge on any atom is 0.321 e. The first kappa shape index (κ1) is 19.7. The van der Waals surface area contributed by atoms with Gasteiger partial charge in [0.05, 0.1) is 12.3 Å². The predicted molar refractivity (Wildman–Crippen MR) is 97.3 cm³/mol. The van der Waals surface area contributed by atoms with Crippen molar-refractivity contribution in [3.8, 4) is 0 Å². The largest absolute Gasteiger partial charge is 0.333 e. The Morgan fingerprint density at radius 1 is 1.16 bits per heavy atom. The molecule has 9 heteroatoms. The molecule has 0 spiro atoms. The second-order valence-corrected chi connectivity index (χ2v) is 8.28. The molecule has 0 unspecified atom stereocenters. The smallest absolute Gasteiger partial charge is 0.321 e. The highest BCUT2D eigenvalue weighted by atomic mass is 32.2. The Morgan fingerprint density at radius 3 is 2.48 bits per heavy atom. The Labute approximate surface area is 153 Å². The summed E-state index contributed by atoms with van der Waals surface area (Å²) in [5.74, 6) is 0.662. The molecule has 2 rings (SSSR count). The molecular formula is C16H28N6O2S. The van der Waals surface area contributed by atoms with Crippen molar-refractivity contribution in [2.24, 2.45) is 7.05 Å². The molecule has 0 aliphatic carbocycles. The summed E-state index contributed by atoms with van der Waals surface area (Å²) >= 11 is 1.28. The van der Waals surface area contributed by atoms with E-state index < -0.39 is 6.03 Å². The molecule has 0 atom stereocenters. The fraction of sp³-hybridized carbons (Fsp3) is 0.750. The molecule has 1 aromatic rings. The van der Waals surface area contributed by atoms with Crippen LogP contribution in [0, 0.1) is 0 Å². The Bertz CT molecular complexity index is 604. The molecule has 3 amide bonds. The molecule has 0 bridgehead atoms. The topological polar surface area (TPSA) is 92.2 Å². The predicted octanol–water partition coefficient (Wildman–Crippen LogP) is 1.52. The second-order valence-electron chi connectivity index (χ2n) is 7.34. The Balaban J connectivity index is 1.80. The minimum absolute atomic E-state index is 0.118. The lowest BCUT2D eigenvalue weighted by Gasteiger charge is -2.25. The molecule has 1 aliphatic heterocycles. The fourth-order valence-corrected chi connectivity index (χ4v) is 3.32. The Hall–Kier alpha value is -1.61. The van der Waals surface area contributed by atoms with Gasteiger partial charge in [-0.05, 0) is 46.7 Å². The summed E-state index contributed by atoms with van der Waals surface area (Å²) in [6.45, 7) is 8.55. The van der Waals surface area contributed by atoms with Crippen molar-refractivity contribution in [1.82, 2.24) is 30.3 Å². The van der Waals surface area contributed by atoms with Crippen molar-refractivity contribution in [1.29, 1.82) is 0 Å². The molecule has 1 aromatic heterocycles. The Kier molecular flexibility index (Phi) is 6.83. The van der Waals surface area contributed by atoms with E-state index in [4.69, 9.17) is 0 Å². The molecule has 1 aliphatic rings. The van der Waals surface area contributed by atoms with Crippen LogP contribution in [0.25, 0.3) is 0 Å². The van der Waals surface area contributed by atoms with E-state index in [0.29, 0.717) is 5.16 Å². The van der Waals surface area contributed by atoms with Crippen LogP contribution in [0.3, 0.4) is 0 Å². The molecule has 1 fully saturated rings. The van der Waals surface area contributed by atoms with Gasteiger partial charge >= 0.3 is 6.03 Å². The van der Waals surface area contributed by atoms with Gasteiger partial charge < -0.3 is 9.88 Å². The molecule has 1 saturated heterocycles. The molecule has 0 radical (unpaired) electrons. The number of aromatic nitrogens is 3. The van der Waals surface area contributed by atoms with Gasteiger partial charge in [0, 0.05) is 12.6 Å². The number of rotatable bonds is 5. The summed E-state index contributed by atoms with van der Waals surface area (Å²) < 4.78 is 1.92. The number of hydrogen-bond donors (Lipinski definition) is 2. The fourth-order valence-electron chi connectivity index (χ4n) is 2.59. The summed E-state index contributed by atoms with van der Waals surface area (Å²) in [5, 5.41) is 14.1. The molecule has 0 aromatic carbocycles. The first-order chi connectivity index (χ1) is 11.7. The van der Waals surface area contributed by atoms with Crippen molar-refractivity contribution >= 4 is 23.7 Å². The van der Waals surface area contributed by atoms with Crippen molar-refractivity contribution in [2.45, 2.75) is 57.3 Å². The van der Waals surface area contributed by atoms with Gasteiger partial charge in [-0.1, -0.05) is 18.2 Å². The monoisotopic (exact) mass is 368 g/mol. The maximum absolute atomic E-state index is 11.9. The van der Waals surface area contributed by atoms with Gasteiger partial charge in [-0.3, -0.25) is 15.0 Å². The standard InChI is InChI=1S/C16H28N6O2S/c1-16(2,3)18-14(24)17-13(23)11-25-15-20-19-12(21(15)4)10-22-8-6-5-7-9-22/h5-11H2,1-4H3,(H2,17,18,23,24). The highest BCUT2D eigenvalue weighted by Gasteiger charge is 2.18. The number of likely N-dealkylation sites (tertiary alicyclic amines) is 1. The number of piperidine rings is 1. The molecule has 8 nitrogen and oxygen atoms in total. The van der Waals surface area contributed by atoms with E-state index in [0.717, 1.165) is 25.5 Å². The van der Waals surface area contributed by atoms with Crippen LogP contribution in [-0.2, 0) is 18.4 Å². The molecule has 2 heterocycles. The van der Waals surface area contributed by atoms with Crippen molar-refractivity contribution in [3.05, 3.63) is 5.82 Å². The quantitative estimate of drug-likeness (QED) is 0.766. The van der Waals surface area contributed by atoms with Gasteiger partial charge in [0.2, 0.25) is 5.91 Å². The van der Waals surface area contributed by atoms with E-state index in [9.17, 15) is 9.59 Å². The third-order valence-electron chi connectivity index (χ3n) is 3.81. The van der Waals surface area contributed by atoms with E-state index >= 15 is 0 Å². The van der Waals surface area contributed by atoms with Crippen LogP contribution in [0.1, 0.15) is 45.9 Å². The number of hydrogen-bond acceptors (Lipinski definition) is 6. The van der Waals surface area contributed by atoms with Crippen LogP contribution >= 0.6 is 11.8 Å². The van der Waals surface area contributed by atoms with Crippen LogP contribution in [-0.4, -0.2) is 56.0 Å². The number of urea groups is 1. The number of imide groups is 1. The minimum atomic E-state index is -0.484. The molecular weight excluding hydrogens is 340 g/mol. The number of carbonyl (C=O) groups is 2. The zero-order valence-corrected chi connectivity index (χ0v) is 16.3. The van der Waals surface area contributed by atoms with E-state index in [2.05, 4.69) is 25.7 Å². The van der Waals surface area contributed by atoms with Gasteiger partial charge in [-0.15, -0.1) is 10.2 Å². The van der Waals surface area contributed by atoms with Crippen LogP contribution in [0.15, 0.2) is 5.16 Å². The number of thioether (sulfide) groups is 1. The molecule has 0 saturated carbocycles. The third-order valence-corrected chi connectivity index (χ3v) is 4.83. The van der Waals surface area contributed by atoms with Crippen LogP contribution in [0.5, 0.6) is 0 Å². The number of amides is 3. The second kappa shape index (κ2) is 8.66. The minimum Gasteiger partial charge on any atom is -0.333 e. The van der Waals surface area contributed by atoms with Gasteiger partial charge in [-0.25, -0.2) is 4.79 Å². The third kappa shape index (κ3) is 6.66. The molecule has 25 heavy (non-hydrogen) atoms. The number of carbonyl (C=O) groups excluding carboxylic acids is 2. The highest BCUT2D eigenvalue weighted by molar-refractivity contribution is 7.99. The lowest BCUT2D eigenvalue weighted by molar-refractivity contribution is -0.117. The van der Waals surface area contributed by atoms with Crippen LogP contribution < -0.4 is 10.6 Å². The maximum atomic E-state index is 11.9. The average Bonchev–Trinajstić information content (AvgIpc) is 2.85. The summed E-state index contributed by atoms with van der Waals surface area (Å²) in [4.78, 5) is 26.0. The van der Waals surface area contributed by atoms with E-state index in [-0.39, 0.29) is 17.2 Å². The van der Waals surface area contributed by atoms with Crippen molar-refractivity contribution in [2.75, 3.05) is 18.8 Å². The highest BCUT2D eigenvalue weighted by Crippen LogP contribution is 2.17. The average molecular weight is 369 g/mol. The lowest BCUT2D eigenvalue weighted by atomic mass is 10.1. The first-order valence-electron chi connectivity index (χ1n) is 8.60. The number of nitrogens with zero attached hydrogens (tertiary/aromatic N) is 4. The van der Waals surface area contributed by atoms with E-state index in [1.54, 1.807) is 0 Å². The van der Waals surface area contributed by atoms with Crippen LogP contribution in [0.2, 0.25) is 0 Å². The van der Waals surface area contributed by atoms with Crippen molar-refractivity contribution in [3.63, 3.8) is 0 Å². The summed E-state index contributed by atoms with van der Waals surface area (Å²) in [6, 6.07) is -0.484. The Morgan fingerprint density at radius 2 is 1.84 bits per heavy atom. The first-order valence-corrected chi connectivity index (χ1v) is 9.58. The van der Waals surface area contributed by atoms with Gasteiger partial charge in [-0.2, -0.15) is 0 Å². The normalized spacial score (nSPS) is 15.8. The van der Waals surface area contributed by atoms with Crippen LogP contribution in [0.4, 0.5) is 4.79 Å². The summed E-state index contributed by atoms with van der Waals surface area (Å²) in [5.41, 5.74) is -0.384. The summed E-state index contributed by atoms with van der Waals surface area (Å²) in [6.07, 6.45) is 3.76. The number of nitrogens with one attached hydrogen (secondary N) is 2. The van der Waals surface area contributed by atoms with Gasteiger partial charge in [0.1, 0.15) is 5.82 Å². The van der Waals surface area contributed by atoms with Gasteiger partial charge in [0.15, 0.2) is 5.16 Å². The SMILES string of the molecule is Cn1c(CN2CCCCC2)nnc1SCC(=O)NC(=O)NC(C)(C)C. The lowest BCUT2D eigenvalue weighted by Crippen LogP contribution is -2.48. The zero-order chi connectivity index (χ0) is 18.4. The van der Waals surface area contributed by atoms with E-state index in [1.165, 1.54) is 31.0 Å². The van der Waals surface area contributed by atoms with Crippen molar-refractivity contribution < 1.29 is 9.59 Å². The van der Waals surface area contributed by atoms with Gasteiger partial charge in [0.25, 0.3) is 0 Å². The summed E-state index contributed by atoms with van der Waals surface area (Å²) in [7, 11) is 1.91. The molecule has 2 N–H and O–H groups in total. The zero-order valence-electron chi connectivity index (χ0n) is 15.5.